The van der Waals surface area contributed by atoms with Crippen molar-refractivity contribution in [1.29, 1.82) is 0 Å². The van der Waals surface area contributed by atoms with Crippen LogP contribution in [-0.2, 0) is 6.61 Å². The number of nitrogens with zero attached hydrogens (tertiary/aromatic N) is 1. The van der Waals surface area contributed by atoms with Gasteiger partial charge in [0.2, 0.25) is 0 Å². The zero-order chi connectivity index (χ0) is 15.0. The average molecular weight is 372 g/mol. The molecule has 2 rings (SSSR count). The molecule has 20 heavy (non-hydrogen) atoms. The Bertz CT molecular complexity index is 661. The van der Waals surface area contributed by atoms with Crippen LogP contribution in [0.3, 0.4) is 0 Å². The van der Waals surface area contributed by atoms with Gasteiger partial charge in [0.25, 0.3) is 0 Å². The molecule has 0 aliphatic rings. The fourth-order valence-corrected chi connectivity index (χ4v) is 2.98. The van der Waals surface area contributed by atoms with Crippen molar-refractivity contribution in [2.75, 3.05) is 5.73 Å². The Kier molecular flexibility index (Phi) is 4.90. The van der Waals surface area contributed by atoms with Crippen molar-refractivity contribution in [1.82, 2.24) is 4.98 Å². The Morgan fingerprint density at radius 2 is 1.45 bits per heavy atom. The molecule has 0 bridgehead atoms. The van der Waals surface area contributed by atoms with Gasteiger partial charge < -0.3 is 10.8 Å². The van der Waals surface area contributed by atoms with Crippen molar-refractivity contribution in [2.24, 2.45) is 0 Å². The van der Waals surface area contributed by atoms with E-state index in [2.05, 4.69) is 4.98 Å². The molecule has 1 aromatic carbocycles. The van der Waals surface area contributed by atoms with Crippen LogP contribution in [0.1, 0.15) is 5.56 Å². The Morgan fingerprint density at radius 3 is 1.95 bits per heavy atom. The third kappa shape index (κ3) is 2.54. The van der Waals surface area contributed by atoms with Crippen LogP contribution in [-0.4, -0.2) is 10.1 Å². The van der Waals surface area contributed by atoms with Crippen LogP contribution in [0.5, 0.6) is 0 Å². The van der Waals surface area contributed by atoms with Gasteiger partial charge in [-0.05, 0) is 6.07 Å². The zero-order valence-electron chi connectivity index (χ0n) is 9.72. The lowest BCUT2D eigenvalue weighted by molar-refractivity contribution is 0.282. The normalized spacial score (nSPS) is 10.9. The SMILES string of the molecule is Nc1c(CO)ccnc1-c1c(Cl)c(Cl)c(Cl)c(Cl)c1Cl. The summed E-state index contributed by atoms with van der Waals surface area (Å²) in [6.07, 6.45) is 1.47. The Hall–Kier alpha value is -0.420. The molecule has 0 spiro atoms. The molecular weight excluding hydrogens is 365 g/mol. The van der Waals surface area contributed by atoms with Crippen LogP contribution in [0.4, 0.5) is 5.69 Å². The lowest BCUT2D eigenvalue weighted by Gasteiger charge is -2.14. The summed E-state index contributed by atoms with van der Waals surface area (Å²) in [5.74, 6) is 0. The first kappa shape index (κ1) is 16.0. The summed E-state index contributed by atoms with van der Waals surface area (Å²) in [6.45, 7) is -0.244. The summed E-state index contributed by atoms with van der Waals surface area (Å²) in [5, 5.41) is 9.62. The highest BCUT2D eigenvalue weighted by molar-refractivity contribution is 6.56. The molecule has 0 atom stereocenters. The minimum Gasteiger partial charge on any atom is -0.397 e. The van der Waals surface area contributed by atoms with E-state index in [0.717, 1.165) is 0 Å². The van der Waals surface area contributed by atoms with Crippen LogP contribution in [0.15, 0.2) is 12.3 Å². The topological polar surface area (TPSA) is 59.1 Å². The number of hydrogen-bond acceptors (Lipinski definition) is 3. The monoisotopic (exact) mass is 370 g/mol. The molecule has 0 amide bonds. The average Bonchev–Trinajstić information content (AvgIpc) is 2.45. The highest BCUT2D eigenvalue weighted by Gasteiger charge is 2.23. The summed E-state index contributed by atoms with van der Waals surface area (Å²) < 4.78 is 0. The van der Waals surface area contributed by atoms with Gasteiger partial charge in [0.15, 0.2) is 0 Å². The highest BCUT2D eigenvalue weighted by atomic mass is 35.5. The van der Waals surface area contributed by atoms with Crippen molar-refractivity contribution in [2.45, 2.75) is 6.61 Å². The van der Waals surface area contributed by atoms with E-state index < -0.39 is 0 Å². The van der Waals surface area contributed by atoms with Gasteiger partial charge in [0.1, 0.15) is 0 Å². The summed E-state index contributed by atoms with van der Waals surface area (Å²) in [7, 11) is 0. The molecular formula is C12H7Cl5N2O. The number of nitrogen functional groups attached to an aromatic ring is 1. The number of nitrogens with two attached hydrogens (primary N) is 1. The van der Waals surface area contributed by atoms with Gasteiger partial charge >= 0.3 is 0 Å². The van der Waals surface area contributed by atoms with Crippen molar-refractivity contribution >= 4 is 63.7 Å². The molecule has 0 saturated heterocycles. The first-order valence-electron chi connectivity index (χ1n) is 5.26. The van der Waals surface area contributed by atoms with Crippen LogP contribution >= 0.6 is 58.0 Å². The number of aliphatic hydroxyl groups excluding tert-OH is 1. The van der Waals surface area contributed by atoms with Gasteiger partial charge in [-0.15, -0.1) is 0 Å². The van der Waals surface area contributed by atoms with Crippen LogP contribution < -0.4 is 5.73 Å². The molecule has 0 radical (unpaired) electrons. The van der Waals surface area contributed by atoms with Gasteiger partial charge in [0, 0.05) is 17.3 Å². The predicted molar refractivity (Wildman–Crippen MR) is 85.1 cm³/mol. The van der Waals surface area contributed by atoms with E-state index in [9.17, 15) is 5.11 Å². The number of rotatable bonds is 2. The number of aromatic nitrogens is 1. The number of aliphatic hydroxyl groups is 1. The Balaban J connectivity index is 2.84. The van der Waals surface area contributed by atoms with E-state index in [4.69, 9.17) is 63.7 Å². The van der Waals surface area contributed by atoms with Crippen LogP contribution in [0, 0.1) is 0 Å². The third-order valence-corrected chi connectivity index (χ3v) is 4.97. The standard InChI is InChI=1S/C12H7Cl5N2O/c13-6-5(7(14)9(16)10(17)8(6)15)12-11(18)4(3-20)1-2-19-12/h1-2,20H,3,18H2. The van der Waals surface area contributed by atoms with E-state index in [1.807, 2.05) is 0 Å². The first-order valence-corrected chi connectivity index (χ1v) is 7.15. The molecule has 0 unspecified atom stereocenters. The van der Waals surface area contributed by atoms with Gasteiger partial charge in [-0.1, -0.05) is 58.0 Å². The molecule has 0 fully saturated rings. The molecule has 3 N–H and O–H groups in total. The van der Waals surface area contributed by atoms with Gasteiger partial charge in [0.05, 0.1) is 43.1 Å². The fraction of sp³-hybridized carbons (Fsp3) is 0.0833. The number of pyridine rings is 1. The quantitative estimate of drug-likeness (QED) is 0.570. The van der Waals surface area contributed by atoms with Gasteiger partial charge in [-0.3, -0.25) is 4.98 Å². The lowest BCUT2D eigenvalue weighted by atomic mass is 10.1. The van der Waals surface area contributed by atoms with Crippen LogP contribution in [0.2, 0.25) is 25.1 Å². The molecule has 8 heteroatoms. The molecule has 3 nitrogen and oxygen atoms in total. The fourth-order valence-electron chi connectivity index (χ4n) is 1.66. The lowest BCUT2D eigenvalue weighted by Crippen LogP contribution is -2.00. The van der Waals surface area contributed by atoms with Crippen molar-refractivity contribution in [3.05, 3.63) is 42.9 Å². The summed E-state index contributed by atoms with van der Waals surface area (Å²) in [5.41, 5.74) is 7.24. The van der Waals surface area contributed by atoms with E-state index in [0.29, 0.717) is 5.56 Å². The number of anilines is 1. The Labute approximate surface area is 140 Å². The summed E-state index contributed by atoms with van der Waals surface area (Å²) >= 11 is 30.3. The van der Waals surface area contributed by atoms with Crippen molar-refractivity contribution in [3.8, 4) is 11.3 Å². The molecule has 0 saturated carbocycles. The molecule has 2 aromatic rings. The second-order valence-electron chi connectivity index (χ2n) is 3.84. The first-order chi connectivity index (χ1) is 9.40. The van der Waals surface area contributed by atoms with Crippen molar-refractivity contribution in [3.63, 3.8) is 0 Å². The van der Waals surface area contributed by atoms with E-state index in [1.54, 1.807) is 6.07 Å². The van der Waals surface area contributed by atoms with E-state index >= 15 is 0 Å². The maximum absolute atomic E-state index is 9.23. The molecule has 0 aliphatic carbocycles. The van der Waals surface area contributed by atoms with Gasteiger partial charge in [-0.25, -0.2) is 0 Å². The largest absolute Gasteiger partial charge is 0.397 e. The number of hydrogen-bond donors (Lipinski definition) is 2. The van der Waals surface area contributed by atoms with Crippen LogP contribution in [0.25, 0.3) is 11.3 Å². The maximum atomic E-state index is 9.23. The molecule has 106 valence electrons. The van der Waals surface area contributed by atoms with Crippen molar-refractivity contribution < 1.29 is 5.11 Å². The second kappa shape index (κ2) is 6.14. The Morgan fingerprint density at radius 1 is 0.950 bits per heavy atom. The highest BCUT2D eigenvalue weighted by Crippen LogP contribution is 2.48. The number of halogens is 5. The predicted octanol–water partition coefficient (Wildman–Crippen LogP) is 5.09. The van der Waals surface area contributed by atoms with Gasteiger partial charge in [-0.2, -0.15) is 0 Å². The minimum atomic E-state index is -0.244. The summed E-state index contributed by atoms with van der Waals surface area (Å²) in [6, 6.07) is 1.58. The smallest absolute Gasteiger partial charge is 0.0965 e. The maximum Gasteiger partial charge on any atom is 0.0965 e. The van der Waals surface area contributed by atoms with E-state index in [-0.39, 0.29) is 48.7 Å². The number of benzene rings is 1. The van der Waals surface area contributed by atoms with E-state index in [1.165, 1.54) is 6.20 Å². The second-order valence-corrected chi connectivity index (χ2v) is 5.73. The molecule has 1 aromatic heterocycles. The molecule has 1 heterocycles. The third-order valence-electron chi connectivity index (χ3n) is 2.70. The molecule has 0 aliphatic heterocycles. The zero-order valence-corrected chi connectivity index (χ0v) is 13.5. The minimum absolute atomic E-state index is 0.0592. The summed E-state index contributed by atoms with van der Waals surface area (Å²) in [4.78, 5) is 4.13.